The average molecular weight is 437 g/mol. The lowest BCUT2D eigenvalue weighted by atomic mass is 10.2. The number of primary sulfonamides is 1. The first-order valence-corrected chi connectivity index (χ1v) is 10.5. The topological polar surface area (TPSA) is 106 Å². The van der Waals surface area contributed by atoms with Crippen LogP contribution in [-0.2, 0) is 26.5 Å². The van der Waals surface area contributed by atoms with Gasteiger partial charge in [-0.05, 0) is 42.3 Å². The van der Waals surface area contributed by atoms with E-state index in [1.807, 2.05) is 0 Å². The van der Waals surface area contributed by atoms with Crippen LogP contribution in [0.4, 0.5) is 4.39 Å². The molecule has 0 unspecified atom stereocenters. The zero-order valence-electron chi connectivity index (χ0n) is 12.2. The number of nitrogens with two attached hydrogens (primary N) is 1. The van der Waals surface area contributed by atoms with Gasteiger partial charge in [-0.25, -0.2) is 31.1 Å². The molecule has 0 aliphatic heterocycles. The number of sulfonamides is 2. The molecule has 24 heavy (non-hydrogen) atoms. The molecule has 0 fully saturated rings. The van der Waals surface area contributed by atoms with Crippen LogP contribution in [-0.4, -0.2) is 23.4 Å². The normalized spacial score (nSPS) is 12.3. The van der Waals surface area contributed by atoms with Gasteiger partial charge in [0.05, 0.1) is 4.90 Å². The summed E-state index contributed by atoms with van der Waals surface area (Å²) in [5.74, 6) is -0.844. The van der Waals surface area contributed by atoms with Crippen LogP contribution in [0.15, 0.2) is 56.7 Å². The Bertz CT molecular complexity index is 945. The van der Waals surface area contributed by atoms with Crippen molar-refractivity contribution in [3.63, 3.8) is 0 Å². The molecule has 3 N–H and O–H groups in total. The zero-order chi connectivity index (χ0) is 18.0. The molecular formula is C14H14BrFN2O4S2. The molecule has 0 heterocycles. The Hall–Kier alpha value is -1.33. The molecule has 0 atom stereocenters. The van der Waals surface area contributed by atoms with Gasteiger partial charge in [0.15, 0.2) is 0 Å². The number of halogens is 2. The Morgan fingerprint density at radius 1 is 1.04 bits per heavy atom. The van der Waals surface area contributed by atoms with Gasteiger partial charge in [0.1, 0.15) is 10.7 Å². The molecule has 0 aliphatic carbocycles. The summed E-state index contributed by atoms with van der Waals surface area (Å²) in [6, 6.07) is 9.40. The molecule has 0 spiro atoms. The largest absolute Gasteiger partial charge is 0.243 e. The Morgan fingerprint density at radius 3 is 2.25 bits per heavy atom. The molecular weight excluding hydrogens is 423 g/mol. The Balaban J connectivity index is 2.04. The standard InChI is InChI=1S/C14H14BrFN2O4S2/c15-11-3-6-13(16)14(9-11)24(21,22)18-8-7-10-1-4-12(5-2-10)23(17,19)20/h1-6,9,18H,7-8H2,(H2,17,19,20). The van der Waals surface area contributed by atoms with Crippen LogP contribution < -0.4 is 9.86 Å². The van der Waals surface area contributed by atoms with Crippen molar-refractivity contribution < 1.29 is 21.2 Å². The number of hydrogen-bond donors (Lipinski definition) is 2. The van der Waals surface area contributed by atoms with E-state index >= 15 is 0 Å². The monoisotopic (exact) mass is 436 g/mol. The van der Waals surface area contributed by atoms with E-state index < -0.39 is 30.8 Å². The fourth-order valence-corrected chi connectivity index (χ4v) is 4.10. The molecule has 0 aliphatic rings. The molecule has 2 aromatic carbocycles. The summed E-state index contributed by atoms with van der Waals surface area (Å²) in [7, 11) is -7.75. The number of benzene rings is 2. The highest BCUT2D eigenvalue weighted by molar-refractivity contribution is 9.10. The first-order valence-electron chi connectivity index (χ1n) is 6.66. The molecule has 10 heteroatoms. The van der Waals surface area contributed by atoms with Gasteiger partial charge < -0.3 is 0 Å². The highest BCUT2D eigenvalue weighted by atomic mass is 79.9. The summed E-state index contributed by atoms with van der Waals surface area (Å²) < 4.78 is 62.9. The van der Waals surface area contributed by atoms with Gasteiger partial charge in [0, 0.05) is 11.0 Å². The van der Waals surface area contributed by atoms with Gasteiger partial charge in [-0.1, -0.05) is 28.1 Å². The van der Waals surface area contributed by atoms with Gasteiger partial charge in [0.25, 0.3) is 0 Å². The molecule has 6 nitrogen and oxygen atoms in total. The van der Waals surface area contributed by atoms with E-state index in [0.29, 0.717) is 16.5 Å². The summed E-state index contributed by atoms with van der Waals surface area (Å²) in [5.41, 5.74) is 0.708. The predicted molar refractivity (Wildman–Crippen MR) is 90.8 cm³/mol. The summed E-state index contributed by atoms with van der Waals surface area (Å²) in [6.07, 6.45) is 0.305. The van der Waals surface area contributed by atoms with Crippen molar-refractivity contribution in [3.05, 3.63) is 58.3 Å². The third-order valence-electron chi connectivity index (χ3n) is 3.14. The van der Waals surface area contributed by atoms with Crippen LogP contribution in [0.2, 0.25) is 0 Å². The van der Waals surface area contributed by atoms with Crippen molar-refractivity contribution in [1.82, 2.24) is 4.72 Å². The van der Waals surface area contributed by atoms with Crippen LogP contribution in [0.25, 0.3) is 0 Å². The maximum atomic E-state index is 13.7. The van der Waals surface area contributed by atoms with E-state index in [4.69, 9.17) is 5.14 Å². The smallest absolute Gasteiger partial charge is 0.225 e. The Kier molecular flexibility index (Phi) is 5.76. The molecule has 0 bridgehead atoms. The third kappa shape index (κ3) is 4.84. The molecule has 0 saturated heterocycles. The number of rotatable bonds is 6. The summed E-state index contributed by atoms with van der Waals surface area (Å²) in [4.78, 5) is -0.468. The Labute approximate surface area is 148 Å². The predicted octanol–water partition coefficient (Wildman–Crippen LogP) is 1.76. The van der Waals surface area contributed by atoms with E-state index in [1.165, 1.54) is 36.4 Å². The second-order valence-electron chi connectivity index (χ2n) is 4.91. The fourth-order valence-electron chi connectivity index (χ4n) is 1.94. The fraction of sp³-hybridized carbons (Fsp3) is 0.143. The number of nitrogens with one attached hydrogen (secondary N) is 1. The van der Waals surface area contributed by atoms with Gasteiger partial charge in [0.2, 0.25) is 20.0 Å². The molecule has 0 amide bonds. The van der Waals surface area contributed by atoms with E-state index in [9.17, 15) is 21.2 Å². The SMILES string of the molecule is NS(=O)(=O)c1ccc(CCNS(=O)(=O)c2cc(Br)ccc2F)cc1. The molecule has 130 valence electrons. The third-order valence-corrected chi connectivity index (χ3v) is 6.04. The van der Waals surface area contributed by atoms with Crippen LogP contribution >= 0.6 is 15.9 Å². The van der Waals surface area contributed by atoms with Crippen LogP contribution in [0.1, 0.15) is 5.56 Å². The van der Waals surface area contributed by atoms with Gasteiger partial charge in [-0.2, -0.15) is 0 Å². The summed E-state index contributed by atoms with van der Waals surface area (Å²) >= 11 is 3.10. The van der Waals surface area contributed by atoms with E-state index in [0.717, 1.165) is 6.07 Å². The van der Waals surface area contributed by atoms with Crippen molar-refractivity contribution in [2.45, 2.75) is 16.2 Å². The summed E-state index contributed by atoms with van der Waals surface area (Å²) in [5, 5.41) is 5.00. The van der Waals surface area contributed by atoms with Gasteiger partial charge in [-0.3, -0.25) is 0 Å². The van der Waals surface area contributed by atoms with Crippen molar-refractivity contribution in [2.75, 3.05) is 6.54 Å². The second-order valence-corrected chi connectivity index (χ2v) is 9.12. The van der Waals surface area contributed by atoms with Crippen molar-refractivity contribution in [3.8, 4) is 0 Å². The summed E-state index contributed by atoms with van der Waals surface area (Å²) in [6.45, 7) is 0.0308. The zero-order valence-corrected chi connectivity index (χ0v) is 15.5. The minimum atomic E-state index is -3.99. The minimum Gasteiger partial charge on any atom is -0.225 e. The van der Waals surface area contributed by atoms with Crippen LogP contribution in [0.3, 0.4) is 0 Å². The maximum absolute atomic E-state index is 13.7. The highest BCUT2D eigenvalue weighted by Gasteiger charge is 2.18. The van der Waals surface area contributed by atoms with Gasteiger partial charge in [-0.15, -0.1) is 0 Å². The van der Waals surface area contributed by atoms with E-state index in [2.05, 4.69) is 20.7 Å². The van der Waals surface area contributed by atoms with E-state index in [-0.39, 0.29) is 11.4 Å². The first kappa shape index (κ1) is 19.0. The first-order chi connectivity index (χ1) is 11.1. The number of hydrogen-bond acceptors (Lipinski definition) is 4. The van der Waals surface area contributed by atoms with Gasteiger partial charge >= 0.3 is 0 Å². The van der Waals surface area contributed by atoms with E-state index in [1.54, 1.807) is 0 Å². The molecule has 0 aromatic heterocycles. The molecule has 2 aromatic rings. The molecule has 2 rings (SSSR count). The quantitative estimate of drug-likeness (QED) is 0.718. The molecule has 0 radical (unpaired) electrons. The highest BCUT2D eigenvalue weighted by Crippen LogP contribution is 2.19. The van der Waals surface area contributed by atoms with Crippen LogP contribution in [0.5, 0.6) is 0 Å². The van der Waals surface area contributed by atoms with Crippen LogP contribution in [0, 0.1) is 5.82 Å². The maximum Gasteiger partial charge on any atom is 0.243 e. The van der Waals surface area contributed by atoms with Crippen molar-refractivity contribution >= 4 is 36.0 Å². The lowest BCUT2D eigenvalue weighted by molar-refractivity contribution is 0.557. The lowest BCUT2D eigenvalue weighted by Gasteiger charge is -2.08. The second kappa shape index (κ2) is 7.28. The lowest BCUT2D eigenvalue weighted by Crippen LogP contribution is -2.26. The minimum absolute atomic E-state index is 0.0250. The molecule has 0 saturated carbocycles. The Morgan fingerprint density at radius 2 is 1.67 bits per heavy atom. The average Bonchev–Trinajstić information content (AvgIpc) is 2.49. The van der Waals surface area contributed by atoms with Crippen molar-refractivity contribution in [1.29, 1.82) is 0 Å². The van der Waals surface area contributed by atoms with Crippen molar-refractivity contribution in [2.24, 2.45) is 5.14 Å².